The van der Waals surface area contributed by atoms with Gasteiger partial charge in [0.2, 0.25) is 11.0 Å². The second kappa shape index (κ2) is 5.68. The molecular formula is C10H18N4OS2. The Hall–Kier alpha value is -0.820. The number of nitrogens with one attached hydrogen (secondary N) is 1. The number of nitrogen functional groups attached to an aromatic ring is 1. The third-order valence-corrected chi connectivity index (χ3v) is 4.35. The fourth-order valence-corrected chi connectivity index (χ4v) is 2.78. The molecule has 5 nitrogen and oxygen atoms in total. The van der Waals surface area contributed by atoms with Gasteiger partial charge in [0, 0.05) is 5.54 Å². The molecule has 0 aliphatic heterocycles. The van der Waals surface area contributed by atoms with E-state index in [1.807, 2.05) is 27.7 Å². The van der Waals surface area contributed by atoms with Crippen molar-refractivity contribution in [3.63, 3.8) is 0 Å². The monoisotopic (exact) mass is 274 g/mol. The molecule has 0 bridgehead atoms. The number of carbonyl (C=O) groups is 1. The van der Waals surface area contributed by atoms with Crippen LogP contribution in [0.4, 0.5) is 5.13 Å². The quantitative estimate of drug-likeness (QED) is 0.802. The summed E-state index contributed by atoms with van der Waals surface area (Å²) in [7, 11) is 0. The van der Waals surface area contributed by atoms with Crippen molar-refractivity contribution in [1.29, 1.82) is 0 Å². The first kappa shape index (κ1) is 14.2. The van der Waals surface area contributed by atoms with Crippen LogP contribution in [0.3, 0.4) is 0 Å². The van der Waals surface area contributed by atoms with Gasteiger partial charge >= 0.3 is 0 Å². The fraction of sp³-hybridized carbons (Fsp3) is 0.700. The van der Waals surface area contributed by atoms with Crippen LogP contribution in [0.2, 0.25) is 0 Å². The molecule has 7 heteroatoms. The van der Waals surface area contributed by atoms with Crippen molar-refractivity contribution in [2.75, 3.05) is 5.73 Å². The second-order valence-electron chi connectivity index (χ2n) is 4.39. The van der Waals surface area contributed by atoms with Crippen molar-refractivity contribution in [2.24, 2.45) is 0 Å². The second-order valence-corrected chi connectivity index (χ2v) is 6.99. The van der Waals surface area contributed by atoms with Crippen LogP contribution in [0.25, 0.3) is 0 Å². The molecule has 0 radical (unpaired) electrons. The molecule has 1 aromatic heterocycles. The van der Waals surface area contributed by atoms with Gasteiger partial charge in [0.05, 0.1) is 5.25 Å². The third-order valence-electron chi connectivity index (χ3n) is 2.41. The van der Waals surface area contributed by atoms with Crippen LogP contribution in [0.5, 0.6) is 0 Å². The average molecular weight is 274 g/mol. The van der Waals surface area contributed by atoms with Gasteiger partial charge in [-0.25, -0.2) is 0 Å². The zero-order chi connectivity index (χ0) is 13.1. The Bertz CT molecular complexity index is 391. The minimum Gasteiger partial charge on any atom is -0.374 e. The first-order valence-electron chi connectivity index (χ1n) is 5.41. The smallest absolute Gasteiger partial charge is 0.233 e. The van der Waals surface area contributed by atoms with E-state index in [0.29, 0.717) is 5.13 Å². The lowest BCUT2D eigenvalue weighted by molar-refractivity contribution is -0.121. The summed E-state index contributed by atoms with van der Waals surface area (Å²) in [6.45, 7) is 7.91. The molecule has 1 unspecified atom stereocenters. The van der Waals surface area contributed by atoms with Gasteiger partial charge in [-0.15, -0.1) is 10.2 Å². The van der Waals surface area contributed by atoms with Crippen molar-refractivity contribution in [2.45, 2.75) is 49.2 Å². The third kappa shape index (κ3) is 4.51. The van der Waals surface area contributed by atoms with Gasteiger partial charge in [-0.3, -0.25) is 4.79 Å². The summed E-state index contributed by atoms with van der Waals surface area (Å²) >= 11 is 2.67. The van der Waals surface area contributed by atoms with Gasteiger partial charge in [0.15, 0.2) is 4.34 Å². The van der Waals surface area contributed by atoms with E-state index < -0.39 is 0 Å². The minimum atomic E-state index is -0.201. The maximum atomic E-state index is 11.9. The van der Waals surface area contributed by atoms with Crippen molar-refractivity contribution >= 4 is 34.1 Å². The van der Waals surface area contributed by atoms with E-state index in [9.17, 15) is 4.79 Å². The van der Waals surface area contributed by atoms with E-state index in [-0.39, 0.29) is 16.7 Å². The first-order valence-corrected chi connectivity index (χ1v) is 7.11. The lowest BCUT2D eigenvalue weighted by atomic mass is 10.0. The zero-order valence-corrected chi connectivity index (χ0v) is 12.1. The van der Waals surface area contributed by atoms with E-state index in [2.05, 4.69) is 15.5 Å². The maximum Gasteiger partial charge on any atom is 0.233 e. The Kier molecular flexibility index (Phi) is 4.76. The number of aromatic nitrogens is 2. The molecule has 1 atom stereocenters. The predicted octanol–water partition coefficient (Wildman–Crippen LogP) is 1.91. The highest BCUT2D eigenvalue weighted by Gasteiger charge is 2.23. The highest BCUT2D eigenvalue weighted by molar-refractivity contribution is 8.02. The van der Waals surface area contributed by atoms with Crippen molar-refractivity contribution in [3.05, 3.63) is 0 Å². The van der Waals surface area contributed by atoms with E-state index in [1.165, 1.54) is 23.1 Å². The topological polar surface area (TPSA) is 80.9 Å². The molecule has 1 aromatic rings. The normalized spacial score (nSPS) is 13.4. The molecule has 0 aromatic carbocycles. The Labute approximate surface area is 110 Å². The van der Waals surface area contributed by atoms with Crippen LogP contribution < -0.4 is 11.1 Å². The number of nitrogens with zero attached hydrogens (tertiary/aromatic N) is 2. The molecule has 0 spiro atoms. The molecule has 0 saturated heterocycles. The summed E-state index contributed by atoms with van der Waals surface area (Å²) in [4.78, 5) is 11.9. The number of thioether (sulfide) groups is 1. The van der Waals surface area contributed by atoms with Gasteiger partial charge in [0.25, 0.3) is 0 Å². The van der Waals surface area contributed by atoms with Crippen molar-refractivity contribution in [1.82, 2.24) is 15.5 Å². The molecule has 96 valence electrons. The number of anilines is 1. The number of carbonyl (C=O) groups excluding carboxylic acids is 1. The van der Waals surface area contributed by atoms with Gasteiger partial charge < -0.3 is 11.1 Å². The first-order chi connectivity index (χ1) is 7.84. The van der Waals surface area contributed by atoms with Crippen LogP contribution in [0.1, 0.15) is 34.1 Å². The Morgan fingerprint density at radius 1 is 1.59 bits per heavy atom. The van der Waals surface area contributed by atoms with Crippen LogP contribution in [0, 0.1) is 0 Å². The van der Waals surface area contributed by atoms with Gasteiger partial charge in [-0.2, -0.15) is 0 Å². The molecule has 0 aliphatic carbocycles. The summed E-state index contributed by atoms with van der Waals surface area (Å²) in [5.41, 5.74) is 5.31. The summed E-state index contributed by atoms with van der Waals surface area (Å²) in [6, 6.07) is 0. The molecule has 1 rings (SSSR count). The lowest BCUT2D eigenvalue weighted by Gasteiger charge is -2.26. The maximum absolute atomic E-state index is 11.9. The van der Waals surface area contributed by atoms with E-state index in [0.717, 1.165) is 10.8 Å². The van der Waals surface area contributed by atoms with Crippen molar-refractivity contribution < 1.29 is 4.79 Å². The van der Waals surface area contributed by atoms with Crippen LogP contribution >= 0.6 is 23.1 Å². The highest BCUT2D eigenvalue weighted by Crippen LogP contribution is 2.27. The molecular weight excluding hydrogens is 256 g/mol. The SMILES string of the molecule is CCC(C)(C)NC(=O)C(C)Sc1nnc(N)s1. The molecule has 0 aliphatic rings. The number of hydrogen-bond donors (Lipinski definition) is 2. The average Bonchev–Trinajstić information content (AvgIpc) is 2.63. The van der Waals surface area contributed by atoms with E-state index >= 15 is 0 Å². The van der Waals surface area contributed by atoms with E-state index in [1.54, 1.807) is 0 Å². The van der Waals surface area contributed by atoms with Gasteiger partial charge in [-0.05, 0) is 27.2 Å². The summed E-state index contributed by atoms with van der Waals surface area (Å²) in [5, 5.41) is 10.8. The van der Waals surface area contributed by atoms with Crippen LogP contribution in [0.15, 0.2) is 4.34 Å². The lowest BCUT2D eigenvalue weighted by Crippen LogP contribution is -2.46. The van der Waals surface area contributed by atoms with Crippen molar-refractivity contribution in [3.8, 4) is 0 Å². The number of rotatable bonds is 5. The van der Waals surface area contributed by atoms with Gasteiger partial charge in [0.1, 0.15) is 0 Å². The zero-order valence-electron chi connectivity index (χ0n) is 10.5. The largest absolute Gasteiger partial charge is 0.374 e. The molecule has 0 saturated carbocycles. The highest BCUT2D eigenvalue weighted by atomic mass is 32.2. The Morgan fingerprint density at radius 3 is 2.71 bits per heavy atom. The van der Waals surface area contributed by atoms with E-state index in [4.69, 9.17) is 5.73 Å². The van der Waals surface area contributed by atoms with Crippen LogP contribution in [-0.4, -0.2) is 26.9 Å². The summed E-state index contributed by atoms with van der Waals surface area (Å²) in [6.07, 6.45) is 0.891. The Morgan fingerprint density at radius 2 is 2.24 bits per heavy atom. The fourth-order valence-electron chi connectivity index (χ4n) is 0.996. The molecule has 1 heterocycles. The summed E-state index contributed by atoms with van der Waals surface area (Å²) < 4.78 is 0.722. The molecule has 0 fully saturated rings. The number of hydrogen-bond acceptors (Lipinski definition) is 6. The Balaban J connectivity index is 2.53. The number of nitrogens with two attached hydrogens (primary N) is 1. The predicted molar refractivity (Wildman–Crippen MR) is 72.2 cm³/mol. The van der Waals surface area contributed by atoms with Gasteiger partial charge in [-0.1, -0.05) is 30.0 Å². The minimum absolute atomic E-state index is 0.00983. The molecule has 17 heavy (non-hydrogen) atoms. The number of amides is 1. The van der Waals surface area contributed by atoms with Crippen LogP contribution in [-0.2, 0) is 4.79 Å². The summed E-state index contributed by atoms with van der Waals surface area (Å²) in [5.74, 6) is 0.00983. The standard InChI is InChI=1S/C10H18N4OS2/c1-5-10(3,4)12-7(15)6(2)16-9-14-13-8(11)17-9/h6H,5H2,1-4H3,(H2,11,13)(H,12,15). The molecule has 1 amide bonds. The molecule has 3 N–H and O–H groups in total.